The zero-order valence-corrected chi connectivity index (χ0v) is 8.84. The van der Waals surface area contributed by atoms with Crippen LogP contribution in [-0.2, 0) is 5.92 Å². The van der Waals surface area contributed by atoms with Gasteiger partial charge in [-0.1, -0.05) is 0 Å². The summed E-state index contributed by atoms with van der Waals surface area (Å²) in [7, 11) is 0. The van der Waals surface area contributed by atoms with Crippen LogP contribution in [0.2, 0.25) is 0 Å². The fourth-order valence-corrected chi connectivity index (χ4v) is 1.29. The molecule has 0 aliphatic carbocycles. The molecule has 16 heavy (non-hydrogen) atoms. The first-order valence-electron chi connectivity index (χ1n) is 4.92. The molecule has 90 valence electrons. The van der Waals surface area contributed by atoms with Crippen LogP contribution in [0.25, 0.3) is 0 Å². The summed E-state index contributed by atoms with van der Waals surface area (Å²) in [5.41, 5.74) is -0.456. The monoisotopic (exact) mass is 234 g/mol. The lowest BCUT2D eigenvalue weighted by Crippen LogP contribution is -2.15. The van der Waals surface area contributed by atoms with Gasteiger partial charge >= 0.3 is 0 Å². The molecule has 0 saturated heterocycles. The second-order valence-corrected chi connectivity index (χ2v) is 3.26. The molecule has 5 heteroatoms. The Morgan fingerprint density at radius 3 is 2.56 bits per heavy atom. The highest BCUT2D eigenvalue weighted by molar-refractivity contribution is 5.31. The van der Waals surface area contributed by atoms with Crippen LogP contribution in [0, 0.1) is 5.82 Å². The predicted molar refractivity (Wildman–Crippen MR) is 53.2 cm³/mol. The van der Waals surface area contributed by atoms with Gasteiger partial charge in [-0.15, -0.1) is 0 Å². The van der Waals surface area contributed by atoms with Crippen molar-refractivity contribution < 1.29 is 23.0 Å². The minimum Gasteiger partial charge on any atom is -0.491 e. The average molecular weight is 234 g/mol. The molecular weight excluding hydrogens is 221 g/mol. The molecule has 2 nitrogen and oxygen atoms in total. The van der Waals surface area contributed by atoms with E-state index in [1.165, 1.54) is 6.07 Å². The van der Waals surface area contributed by atoms with E-state index in [0.717, 1.165) is 12.1 Å². The van der Waals surface area contributed by atoms with Crippen molar-refractivity contribution in [1.82, 2.24) is 0 Å². The molecule has 0 unspecified atom stereocenters. The second kappa shape index (κ2) is 5.21. The first kappa shape index (κ1) is 12.8. The molecule has 0 aliphatic heterocycles. The van der Waals surface area contributed by atoms with Crippen LogP contribution in [0.15, 0.2) is 18.2 Å². The normalized spacial score (nSPS) is 11.6. The first-order valence-corrected chi connectivity index (χ1v) is 4.92. The van der Waals surface area contributed by atoms with E-state index in [0.29, 0.717) is 0 Å². The number of rotatable bonds is 5. The molecule has 0 amide bonds. The number of hydrogen-bond acceptors (Lipinski definition) is 2. The lowest BCUT2D eigenvalue weighted by Gasteiger charge is -2.16. The Hall–Kier alpha value is -1.23. The van der Waals surface area contributed by atoms with Crippen LogP contribution in [0.4, 0.5) is 13.2 Å². The van der Waals surface area contributed by atoms with Crippen molar-refractivity contribution in [3.63, 3.8) is 0 Å². The number of halogens is 3. The van der Waals surface area contributed by atoms with E-state index in [4.69, 9.17) is 9.84 Å². The van der Waals surface area contributed by atoms with Gasteiger partial charge < -0.3 is 9.84 Å². The maximum Gasteiger partial charge on any atom is 0.275 e. The van der Waals surface area contributed by atoms with Gasteiger partial charge in [0.1, 0.15) is 0 Å². The molecule has 0 aromatic heterocycles. The van der Waals surface area contributed by atoms with Crippen LogP contribution < -0.4 is 4.74 Å². The lowest BCUT2D eigenvalue weighted by atomic mass is 10.1. The zero-order valence-electron chi connectivity index (χ0n) is 8.84. The molecule has 0 radical (unpaired) electrons. The topological polar surface area (TPSA) is 29.5 Å². The van der Waals surface area contributed by atoms with Crippen molar-refractivity contribution >= 4 is 0 Å². The molecule has 1 N–H and O–H groups in total. The molecule has 0 fully saturated rings. The number of aliphatic hydroxyl groups excluding tert-OH is 1. The molecule has 1 rings (SSSR count). The maximum atomic E-state index is 13.3. The van der Waals surface area contributed by atoms with Crippen LogP contribution in [0.5, 0.6) is 5.75 Å². The van der Waals surface area contributed by atoms with Gasteiger partial charge in [0.2, 0.25) is 0 Å². The molecular formula is C11H13F3O2. The largest absolute Gasteiger partial charge is 0.491 e. The highest BCUT2D eigenvalue weighted by Gasteiger charge is 2.31. The van der Waals surface area contributed by atoms with E-state index in [2.05, 4.69) is 0 Å². The highest BCUT2D eigenvalue weighted by atomic mass is 19.3. The lowest BCUT2D eigenvalue weighted by molar-refractivity contribution is -0.0272. The third-order valence-electron chi connectivity index (χ3n) is 2.08. The van der Waals surface area contributed by atoms with Gasteiger partial charge in [-0.05, 0) is 25.1 Å². The third kappa shape index (κ3) is 2.88. The standard InChI is InChI=1S/C11H13F3O2/c1-2-16-10-4-3-8(7-9(10)12)11(13,14)5-6-15/h3-4,7,15H,2,5-6H2,1H3. The molecule has 0 heterocycles. The Kier molecular flexibility index (Phi) is 4.18. The summed E-state index contributed by atoms with van der Waals surface area (Å²) in [6.07, 6.45) is -0.722. The maximum absolute atomic E-state index is 13.3. The molecule has 0 spiro atoms. The number of benzene rings is 1. The van der Waals surface area contributed by atoms with E-state index in [1.54, 1.807) is 6.92 Å². The number of aliphatic hydroxyl groups is 1. The van der Waals surface area contributed by atoms with Crippen LogP contribution in [0.1, 0.15) is 18.9 Å². The Labute approximate surface area is 91.7 Å². The summed E-state index contributed by atoms with van der Waals surface area (Å²) in [5.74, 6) is -4.09. The van der Waals surface area contributed by atoms with Crippen molar-refractivity contribution in [2.75, 3.05) is 13.2 Å². The van der Waals surface area contributed by atoms with Crippen molar-refractivity contribution in [3.8, 4) is 5.75 Å². The fourth-order valence-electron chi connectivity index (χ4n) is 1.29. The van der Waals surface area contributed by atoms with E-state index in [9.17, 15) is 13.2 Å². The fraction of sp³-hybridized carbons (Fsp3) is 0.455. The SMILES string of the molecule is CCOc1ccc(C(F)(F)CCO)cc1F. The van der Waals surface area contributed by atoms with Gasteiger partial charge in [-0.3, -0.25) is 0 Å². The Bertz CT molecular complexity index is 353. The number of ether oxygens (including phenoxy) is 1. The highest BCUT2D eigenvalue weighted by Crippen LogP contribution is 2.33. The third-order valence-corrected chi connectivity index (χ3v) is 2.08. The van der Waals surface area contributed by atoms with Crippen molar-refractivity contribution in [2.24, 2.45) is 0 Å². The quantitative estimate of drug-likeness (QED) is 0.848. The van der Waals surface area contributed by atoms with Gasteiger partial charge in [0.05, 0.1) is 6.61 Å². The minimum atomic E-state index is -3.22. The molecule has 1 aromatic carbocycles. The van der Waals surface area contributed by atoms with E-state index >= 15 is 0 Å². The molecule has 0 atom stereocenters. The number of hydrogen-bond donors (Lipinski definition) is 1. The van der Waals surface area contributed by atoms with Crippen molar-refractivity contribution in [2.45, 2.75) is 19.3 Å². The van der Waals surface area contributed by atoms with Gasteiger partial charge in [-0.2, -0.15) is 0 Å². The molecule has 0 bridgehead atoms. The average Bonchev–Trinajstić information content (AvgIpc) is 2.21. The smallest absolute Gasteiger partial charge is 0.275 e. The van der Waals surface area contributed by atoms with Crippen molar-refractivity contribution in [3.05, 3.63) is 29.6 Å². The summed E-state index contributed by atoms with van der Waals surface area (Å²) < 4.78 is 44.8. The molecule has 0 saturated carbocycles. The second-order valence-electron chi connectivity index (χ2n) is 3.26. The Morgan fingerprint density at radius 2 is 2.06 bits per heavy atom. The Balaban J connectivity index is 2.96. The van der Waals surface area contributed by atoms with Crippen LogP contribution in [-0.4, -0.2) is 18.3 Å². The molecule has 1 aromatic rings. The van der Waals surface area contributed by atoms with Gasteiger partial charge in [0, 0.05) is 18.6 Å². The zero-order chi connectivity index (χ0) is 12.2. The van der Waals surface area contributed by atoms with Gasteiger partial charge in [0.25, 0.3) is 5.92 Å². The summed E-state index contributed by atoms with van der Waals surface area (Å²) >= 11 is 0. The molecule has 0 aliphatic rings. The van der Waals surface area contributed by atoms with E-state index in [1.807, 2.05) is 0 Å². The van der Waals surface area contributed by atoms with Crippen molar-refractivity contribution in [1.29, 1.82) is 0 Å². The minimum absolute atomic E-state index is 0.0500. The summed E-state index contributed by atoms with van der Waals surface area (Å²) in [4.78, 5) is 0. The van der Waals surface area contributed by atoms with Gasteiger partial charge in [-0.25, -0.2) is 13.2 Å². The van der Waals surface area contributed by atoms with E-state index < -0.39 is 30.3 Å². The first-order chi connectivity index (χ1) is 7.51. The van der Waals surface area contributed by atoms with Crippen LogP contribution in [0.3, 0.4) is 0 Å². The summed E-state index contributed by atoms with van der Waals surface area (Å²) in [5, 5.41) is 8.47. The summed E-state index contributed by atoms with van der Waals surface area (Å²) in [6.45, 7) is 1.29. The van der Waals surface area contributed by atoms with Gasteiger partial charge in [0.15, 0.2) is 11.6 Å². The predicted octanol–water partition coefficient (Wildman–Crippen LogP) is 2.70. The van der Waals surface area contributed by atoms with Crippen LogP contribution >= 0.6 is 0 Å². The van der Waals surface area contributed by atoms with E-state index in [-0.39, 0.29) is 12.4 Å². The Morgan fingerprint density at radius 1 is 1.38 bits per heavy atom. The summed E-state index contributed by atoms with van der Waals surface area (Å²) in [6, 6.07) is 3.00. The number of alkyl halides is 2.